The van der Waals surface area contributed by atoms with Gasteiger partial charge in [0.1, 0.15) is 74.0 Å². The van der Waals surface area contributed by atoms with Crippen molar-refractivity contribution in [2.45, 2.75) is 118 Å². The molecule has 3 aliphatic rings. The number of likely N-dealkylation sites (N-methyl/N-ethyl adjacent to an activating group) is 1. The maximum atomic E-state index is 13.8. The average molecular weight is 1820 g/mol. The molecule has 0 unspecified atom stereocenters. The summed E-state index contributed by atoms with van der Waals surface area (Å²) in [5, 5.41) is 39.0. The minimum atomic E-state index is -1.01. The molecule has 12 aromatic rings. The number of methoxy groups -OCH3 is 4. The number of amides is 4. The summed E-state index contributed by atoms with van der Waals surface area (Å²) in [7, 11) is 14.6. The molecule has 9 heterocycles. The van der Waals surface area contributed by atoms with Crippen molar-refractivity contribution in [1.82, 2.24) is 78.3 Å². The Hall–Kier alpha value is -11.5. The summed E-state index contributed by atoms with van der Waals surface area (Å²) in [6.45, 7) is 17.7. The molecule has 31 nitrogen and oxygen atoms in total. The van der Waals surface area contributed by atoms with Gasteiger partial charge in [0.2, 0.25) is 5.91 Å². The Kier molecular flexibility index (Phi) is 28.1. The van der Waals surface area contributed by atoms with Crippen LogP contribution in [0.4, 0.5) is 0 Å². The van der Waals surface area contributed by atoms with E-state index in [0.717, 1.165) is 11.1 Å². The molecular weight excluding hydrogens is 1730 g/mol. The summed E-state index contributed by atoms with van der Waals surface area (Å²) >= 11 is 38.2. The largest absolute Gasteiger partial charge is 1.00 e. The molecule has 38 heteroatoms. The van der Waals surface area contributed by atoms with Crippen LogP contribution in [0.2, 0.25) is 30.1 Å². The van der Waals surface area contributed by atoms with E-state index in [-0.39, 0.29) is 105 Å². The van der Waals surface area contributed by atoms with Crippen molar-refractivity contribution in [3.63, 3.8) is 0 Å². The first-order valence-corrected chi connectivity index (χ1v) is 40.6. The van der Waals surface area contributed by atoms with Crippen LogP contribution in [0.15, 0.2) is 128 Å². The number of carboxylic acid groups (broad SMARTS) is 1. The third-order valence-corrected chi connectivity index (χ3v) is 22.3. The third kappa shape index (κ3) is 19.6. The molecule has 0 saturated carbocycles. The summed E-state index contributed by atoms with van der Waals surface area (Å²) in [5.74, 6) is 1.02. The van der Waals surface area contributed by atoms with Gasteiger partial charge < -0.3 is 63.3 Å². The number of carbonyl (C=O) groups excluding carboxylic acids is 5. The van der Waals surface area contributed by atoms with Gasteiger partial charge >= 0.3 is 30.8 Å². The number of benzene rings is 6. The van der Waals surface area contributed by atoms with Crippen molar-refractivity contribution in [2.75, 3.05) is 63.7 Å². The van der Waals surface area contributed by atoms with E-state index >= 15 is 0 Å². The Morgan fingerprint density at radius 2 is 0.680 bits per heavy atom. The molecule has 0 saturated heterocycles. The predicted molar refractivity (Wildman–Crippen MR) is 469 cm³/mol. The Morgan fingerprint density at radius 1 is 0.408 bits per heavy atom. The van der Waals surface area contributed by atoms with E-state index in [1.165, 1.54) is 21.4 Å². The Morgan fingerprint density at radius 3 is 0.928 bits per heavy atom. The van der Waals surface area contributed by atoms with Crippen LogP contribution in [0.1, 0.15) is 110 Å². The van der Waals surface area contributed by atoms with Crippen molar-refractivity contribution in [3.05, 3.63) is 192 Å². The van der Waals surface area contributed by atoms with Gasteiger partial charge in [-0.05, 0) is 135 Å². The van der Waals surface area contributed by atoms with Crippen LogP contribution in [0.3, 0.4) is 0 Å². The molecule has 125 heavy (non-hydrogen) atoms. The Labute approximate surface area is 762 Å². The van der Waals surface area contributed by atoms with Crippen molar-refractivity contribution in [2.24, 2.45) is 0 Å². The molecule has 0 bridgehead atoms. The number of esters is 1. The van der Waals surface area contributed by atoms with Crippen LogP contribution in [0.25, 0.3) is 84.2 Å². The first kappa shape index (κ1) is 94.2. The number of halogens is 6. The number of hydrogen-bond donors (Lipinski definition) is 1. The molecule has 0 atom stereocenters. The maximum absolute atomic E-state index is 13.8. The van der Waals surface area contributed by atoms with Crippen LogP contribution in [0.5, 0.6) is 34.5 Å². The van der Waals surface area contributed by atoms with Gasteiger partial charge in [-0.1, -0.05) is 69.6 Å². The topological polar surface area (TPSA) is 337 Å². The third-order valence-electron chi connectivity index (χ3n) is 21.0. The standard InChI is InChI=1S/C30H32Cl2N6O4.C29H29Cl2N5O5.C28H27Cl2N5O5.Li.H2O/c1-30(2,3)36(6)29(40)27-23-16-42-25-12-24(41-7)21(17-13-33-37(14-17)15-26(39)35(4)5)11-22(25)28(23)38(34-27)20-9-18(31)8-19(32)10-20;1-29(2,3)34(4)28(38)26-22-15-41-24-11-23(39-5)20(16-12-32-35(13-16)14-25(37)40-6)10-21(24)27(22)36(33-26)19-8-17(30)7-18(31)9-19;1-28(2,3)33(4)27(38)25-21-14-40-23-10-22(39-5)19(15-11-31-34(12-15)13-24(36)37)9-20(23)26(21)35(32-25)18-7-16(29)6-17(30)8-18;;/h8-14H,15-16H2,1-7H3;7-13H,14-15H2,1-6H3;6-12H,13-14H2,1-5H3,(H,36,37);;1H2/q;;;+1;/p-1. The van der Waals surface area contributed by atoms with Gasteiger partial charge in [0.15, 0.2) is 17.1 Å². The minimum Gasteiger partial charge on any atom is -0.870 e. The van der Waals surface area contributed by atoms with Gasteiger partial charge in [-0.25, -0.2) is 14.0 Å². The first-order chi connectivity index (χ1) is 58.0. The minimum absolute atomic E-state index is 0. The van der Waals surface area contributed by atoms with E-state index in [9.17, 15) is 28.8 Å². The number of hydrogen-bond acceptors (Lipinski definition) is 20. The fourth-order valence-corrected chi connectivity index (χ4v) is 15.2. The zero-order valence-electron chi connectivity index (χ0n) is 72.0. The summed E-state index contributed by atoms with van der Waals surface area (Å²) in [5.41, 5.74) is 11.3. The fourth-order valence-electron chi connectivity index (χ4n) is 13.7. The molecule has 3 aliphatic heterocycles. The summed E-state index contributed by atoms with van der Waals surface area (Å²) in [4.78, 5) is 82.9. The van der Waals surface area contributed by atoms with Gasteiger partial charge in [-0.2, -0.15) is 30.6 Å². The number of carboxylic acids is 1. The summed E-state index contributed by atoms with van der Waals surface area (Å²) in [6, 6.07) is 26.3. The molecule has 0 radical (unpaired) electrons. The SMILES string of the molecule is COC(=O)Cn1cc(-c2cc3c(cc2OC)OCc2c(C(=O)N(C)C(C)(C)C)nn(-c4cc(Cl)cc(Cl)c4)c2-3)cn1.COc1cc2c(cc1-c1cnn(CC(=O)N(C)C)c1)-c1c(c(C(=O)N(C)C(C)(C)C)nn1-c1cc(Cl)cc(Cl)c1)CO2.COc1cc2c(cc1-c1cnn(CC(=O)O)c1)-c1c(c(C(=O)N(C)C(C)(C)C)nn1-c1cc(Cl)cc(Cl)c1)CO2.[Li+].[OH-]. The molecule has 0 spiro atoms. The van der Waals surface area contributed by atoms with E-state index in [4.69, 9.17) is 123 Å². The molecule has 0 fully saturated rings. The molecule has 4 amide bonds. The second-order valence-electron chi connectivity index (χ2n) is 32.3. The number of aliphatic carboxylic acids is 1. The van der Waals surface area contributed by atoms with E-state index in [2.05, 4.69) is 15.3 Å². The quantitative estimate of drug-likeness (QED) is 0.0616. The molecule has 6 aromatic heterocycles. The van der Waals surface area contributed by atoms with E-state index in [1.807, 2.05) is 80.5 Å². The van der Waals surface area contributed by atoms with E-state index < -0.39 is 28.6 Å². The van der Waals surface area contributed by atoms with Gasteiger partial charge in [-0.3, -0.25) is 42.8 Å². The van der Waals surface area contributed by atoms with Crippen molar-refractivity contribution >= 4 is 105 Å². The predicted octanol–water partition coefficient (Wildman–Crippen LogP) is 13.6. The molecule has 2 N–H and O–H groups in total. The van der Waals surface area contributed by atoms with Crippen LogP contribution in [0, 0.1) is 0 Å². The average Bonchev–Trinajstić information content (AvgIpc) is 1.62. The van der Waals surface area contributed by atoms with Crippen molar-refractivity contribution in [1.29, 1.82) is 0 Å². The van der Waals surface area contributed by atoms with Gasteiger partial charge in [-0.15, -0.1) is 0 Å². The maximum Gasteiger partial charge on any atom is 1.00 e. The number of ether oxygens (including phenoxy) is 7. The van der Waals surface area contributed by atoms with Crippen LogP contribution < -0.4 is 47.3 Å². The van der Waals surface area contributed by atoms with Gasteiger partial charge in [0.25, 0.3) is 17.7 Å². The summed E-state index contributed by atoms with van der Waals surface area (Å²) in [6.07, 6.45) is 10.0. The van der Waals surface area contributed by atoms with Crippen LogP contribution >= 0.6 is 69.6 Å². The van der Waals surface area contributed by atoms with Crippen LogP contribution in [-0.4, -0.2) is 205 Å². The molecule has 6 aromatic carbocycles. The number of nitrogens with zero attached hydrogens (tertiary/aromatic N) is 16. The normalized spacial score (nSPS) is 12.1. The van der Waals surface area contributed by atoms with Gasteiger partial charge in [0, 0.05) is 186 Å². The zero-order valence-corrected chi connectivity index (χ0v) is 76.5. The molecule has 650 valence electrons. The number of rotatable bonds is 18. The van der Waals surface area contributed by atoms with E-state index in [1.54, 1.807) is 200 Å². The smallest absolute Gasteiger partial charge is 0.870 e. The monoisotopic (exact) mass is 1810 g/mol. The van der Waals surface area contributed by atoms with Crippen LogP contribution in [-0.2, 0) is 58.6 Å². The first-order valence-electron chi connectivity index (χ1n) is 38.3. The Bertz CT molecular complexity index is 6150. The Balaban J connectivity index is 0.000000181. The molecular formula is C87H89Cl6LiN16O15. The second kappa shape index (κ2) is 37.4. The summed E-state index contributed by atoms with van der Waals surface area (Å²) < 4.78 is 49.8. The molecule has 0 aliphatic carbocycles. The second-order valence-corrected chi connectivity index (χ2v) is 34.9. The van der Waals surface area contributed by atoms with E-state index in [0.29, 0.717) is 154 Å². The van der Waals surface area contributed by atoms with Crippen molar-refractivity contribution in [3.8, 4) is 119 Å². The number of fused-ring (bicyclic) bond motifs is 9. The zero-order chi connectivity index (χ0) is 89.1. The number of aromatic nitrogens is 12. The number of carbonyl (C=O) groups is 6. The van der Waals surface area contributed by atoms with Crippen molar-refractivity contribution < 1.29 is 91.4 Å². The molecule has 15 rings (SSSR count). The fraction of sp³-hybridized carbons (Fsp3) is 0.310. The van der Waals surface area contributed by atoms with Gasteiger partial charge in [0.05, 0.1) is 81.2 Å².